The van der Waals surface area contributed by atoms with Crippen molar-refractivity contribution in [2.75, 3.05) is 6.61 Å². The van der Waals surface area contributed by atoms with E-state index in [4.69, 9.17) is 4.74 Å². The van der Waals surface area contributed by atoms with Gasteiger partial charge in [0.15, 0.2) is 0 Å². The molecule has 1 aliphatic carbocycles. The van der Waals surface area contributed by atoms with Crippen LogP contribution in [0.5, 0.6) is 0 Å². The van der Waals surface area contributed by atoms with Gasteiger partial charge in [-0.05, 0) is 62.2 Å². The molecule has 0 unspecified atom stereocenters. The number of aromatic nitrogens is 2. The molecule has 0 fully saturated rings. The highest BCUT2D eigenvalue weighted by atomic mass is 16.5. The number of allylic oxidation sites excluding steroid dienone is 5. The van der Waals surface area contributed by atoms with Crippen molar-refractivity contribution in [1.82, 2.24) is 9.97 Å². The van der Waals surface area contributed by atoms with Gasteiger partial charge in [0.05, 0.1) is 18.5 Å². The van der Waals surface area contributed by atoms with Gasteiger partial charge >= 0.3 is 5.97 Å². The zero-order chi connectivity index (χ0) is 19.9. The number of unbranched alkanes of at least 4 members (excludes halogenated alkanes) is 2. The average molecular weight is 371 g/mol. The maximum atomic E-state index is 12.0. The van der Waals surface area contributed by atoms with Crippen LogP contribution < -0.4 is 0 Å². The molecule has 1 aromatic rings. The van der Waals surface area contributed by atoms with Crippen molar-refractivity contribution in [3.8, 4) is 0 Å². The number of rotatable bonds is 8. The summed E-state index contributed by atoms with van der Waals surface area (Å²) in [6, 6.07) is 0. The number of carbonyl (C=O) groups excluding carboxylic acids is 1. The lowest BCUT2D eigenvalue weighted by Crippen LogP contribution is -2.19. The summed E-state index contributed by atoms with van der Waals surface area (Å²) in [7, 11) is 0. The fourth-order valence-corrected chi connectivity index (χ4v) is 3.62. The van der Waals surface area contributed by atoms with Gasteiger partial charge in [0, 0.05) is 0 Å². The number of aromatic amines is 1. The summed E-state index contributed by atoms with van der Waals surface area (Å²) in [6.07, 6.45) is 14.8. The predicted octanol–water partition coefficient (Wildman–Crippen LogP) is 6.24. The van der Waals surface area contributed by atoms with Gasteiger partial charge in [-0.2, -0.15) is 0 Å². The van der Waals surface area contributed by atoms with Crippen LogP contribution in [0.15, 0.2) is 35.1 Å². The highest BCUT2D eigenvalue weighted by Gasteiger charge is 2.26. The number of H-pyrrole nitrogens is 1. The largest absolute Gasteiger partial charge is 0.460 e. The van der Waals surface area contributed by atoms with Crippen molar-refractivity contribution in [2.45, 2.75) is 73.1 Å². The molecule has 0 saturated heterocycles. The van der Waals surface area contributed by atoms with Crippen LogP contribution in [-0.4, -0.2) is 22.5 Å². The van der Waals surface area contributed by atoms with E-state index >= 15 is 0 Å². The molecule has 1 aliphatic rings. The molecule has 0 spiro atoms. The molecule has 27 heavy (non-hydrogen) atoms. The lowest BCUT2D eigenvalue weighted by atomic mass is 9.72. The lowest BCUT2D eigenvalue weighted by molar-refractivity contribution is 0.0485. The van der Waals surface area contributed by atoms with E-state index in [1.807, 2.05) is 6.08 Å². The minimum atomic E-state index is -0.385. The van der Waals surface area contributed by atoms with Crippen LogP contribution in [-0.2, 0) is 4.74 Å². The Morgan fingerprint density at radius 2 is 2.15 bits per heavy atom. The topological polar surface area (TPSA) is 55.0 Å². The molecule has 0 saturated carbocycles. The number of ether oxygens (including phenoxy) is 1. The van der Waals surface area contributed by atoms with Crippen molar-refractivity contribution >= 4 is 12.0 Å². The predicted molar refractivity (Wildman–Crippen MR) is 112 cm³/mol. The van der Waals surface area contributed by atoms with Gasteiger partial charge in [0.2, 0.25) is 5.82 Å². The van der Waals surface area contributed by atoms with E-state index in [1.54, 1.807) is 6.20 Å². The van der Waals surface area contributed by atoms with E-state index < -0.39 is 0 Å². The second-order valence-corrected chi connectivity index (χ2v) is 8.18. The van der Waals surface area contributed by atoms with E-state index in [9.17, 15) is 4.79 Å². The molecule has 1 heterocycles. The van der Waals surface area contributed by atoms with E-state index in [1.165, 1.54) is 30.4 Å². The zero-order valence-electron chi connectivity index (χ0n) is 17.5. The highest BCUT2D eigenvalue weighted by Crippen LogP contribution is 2.40. The van der Waals surface area contributed by atoms with Crippen LogP contribution in [0.3, 0.4) is 0 Å². The van der Waals surface area contributed by atoms with E-state index in [0.717, 1.165) is 30.5 Å². The molecule has 1 N–H and O–H groups in total. The summed E-state index contributed by atoms with van der Waals surface area (Å²) in [6.45, 7) is 11.5. The smallest absolute Gasteiger partial charge is 0.374 e. The fraction of sp³-hybridized carbons (Fsp3) is 0.565. The van der Waals surface area contributed by atoms with Gasteiger partial charge < -0.3 is 9.72 Å². The molecule has 4 nitrogen and oxygen atoms in total. The van der Waals surface area contributed by atoms with Crippen LogP contribution in [0.4, 0.5) is 0 Å². The van der Waals surface area contributed by atoms with Crippen LogP contribution >= 0.6 is 0 Å². The third-order valence-electron chi connectivity index (χ3n) is 5.21. The Morgan fingerprint density at radius 1 is 1.37 bits per heavy atom. The first-order chi connectivity index (χ1) is 12.8. The second kappa shape index (κ2) is 9.72. The van der Waals surface area contributed by atoms with Gasteiger partial charge in [0.1, 0.15) is 0 Å². The Morgan fingerprint density at radius 3 is 2.85 bits per heavy atom. The maximum Gasteiger partial charge on any atom is 0.374 e. The Kier molecular flexibility index (Phi) is 7.64. The van der Waals surface area contributed by atoms with Gasteiger partial charge in [-0.25, -0.2) is 9.78 Å². The number of nitrogens with one attached hydrogen (secondary N) is 1. The highest BCUT2D eigenvalue weighted by molar-refractivity contribution is 5.85. The van der Waals surface area contributed by atoms with Crippen molar-refractivity contribution < 1.29 is 9.53 Å². The normalized spacial score (nSPS) is 17.6. The first kappa shape index (κ1) is 21.2. The number of hydrogen-bond acceptors (Lipinski definition) is 3. The fourth-order valence-electron chi connectivity index (χ4n) is 3.62. The molecule has 4 heteroatoms. The Bertz CT molecular complexity index is 735. The van der Waals surface area contributed by atoms with Crippen LogP contribution in [0.25, 0.3) is 6.08 Å². The number of carbonyl (C=O) groups is 1. The minimum absolute atomic E-state index is 0.238. The van der Waals surface area contributed by atoms with Crippen molar-refractivity contribution in [3.63, 3.8) is 0 Å². The number of imidazole rings is 1. The number of esters is 1. The Balaban J connectivity index is 2.00. The monoisotopic (exact) mass is 370 g/mol. The third kappa shape index (κ3) is 6.23. The Hall–Kier alpha value is -2.10. The molecular weight excluding hydrogens is 336 g/mol. The first-order valence-corrected chi connectivity index (χ1v) is 10.1. The molecule has 0 aliphatic heterocycles. The molecule has 0 aromatic carbocycles. The molecule has 0 amide bonds. The number of nitrogens with zero attached hydrogens (tertiary/aromatic N) is 1. The SMILES string of the molecule is CCCCCOC(=O)c1ncc(C=C(C)C=CC2=C(C)CCCC2(C)C)[nH]1. The van der Waals surface area contributed by atoms with Crippen LogP contribution in [0.1, 0.15) is 89.5 Å². The van der Waals surface area contributed by atoms with Crippen molar-refractivity contribution in [1.29, 1.82) is 0 Å². The molecule has 2 rings (SSSR count). The van der Waals surface area contributed by atoms with Crippen molar-refractivity contribution in [3.05, 3.63) is 46.6 Å². The van der Waals surface area contributed by atoms with Gasteiger partial charge in [-0.3, -0.25) is 0 Å². The summed E-state index contributed by atoms with van der Waals surface area (Å²) in [5.74, 6) is -0.120. The summed E-state index contributed by atoms with van der Waals surface area (Å²) >= 11 is 0. The maximum absolute atomic E-state index is 12.0. The van der Waals surface area contributed by atoms with Gasteiger partial charge in [0.25, 0.3) is 0 Å². The molecule has 0 atom stereocenters. The van der Waals surface area contributed by atoms with E-state index in [0.29, 0.717) is 6.61 Å². The summed E-state index contributed by atoms with van der Waals surface area (Å²) in [5.41, 5.74) is 5.10. The van der Waals surface area contributed by atoms with Gasteiger partial charge in [-0.1, -0.05) is 51.3 Å². The number of hydrogen-bond donors (Lipinski definition) is 1. The summed E-state index contributed by atoms with van der Waals surface area (Å²) in [4.78, 5) is 19.2. The van der Waals surface area contributed by atoms with Crippen LogP contribution in [0, 0.1) is 5.41 Å². The molecule has 1 aromatic heterocycles. The zero-order valence-corrected chi connectivity index (χ0v) is 17.5. The first-order valence-electron chi connectivity index (χ1n) is 10.1. The second-order valence-electron chi connectivity index (χ2n) is 8.18. The average Bonchev–Trinajstić information content (AvgIpc) is 3.06. The lowest BCUT2D eigenvalue weighted by Gasteiger charge is -2.32. The summed E-state index contributed by atoms with van der Waals surface area (Å²) in [5, 5.41) is 0. The molecule has 0 radical (unpaired) electrons. The molecular formula is C23H34N2O2. The van der Waals surface area contributed by atoms with E-state index in [-0.39, 0.29) is 17.2 Å². The quantitative estimate of drug-likeness (QED) is 0.334. The third-order valence-corrected chi connectivity index (χ3v) is 5.21. The van der Waals surface area contributed by atoms with Gasteiger partial charge in [-0.15, -0.1) is 0 Å². The molecule has 0 bridgehead atoms. The Labute approximate surface area is 163 Å². The minimum Gasteiger partial charge on any atom is -0.460 e. The molecule has 148 valence electrons. The standard InChI is InChI=1S/C23H34N2O2/c1-6-7-8-14-27-22(26)21-24-16-19(25-21)15-17(2)11-12-20-18(3)10-9-13-23(20,4)5/h11-12,15-16H,6-10,13-14H2,1-5H3,(H,24,25). The van der Waals surface area contributed by atoms with E-state index in [2.05, 4.69) is 56.7 Å². The van der Waals surface area contributed by atoms with Crippen molar-refractivity contribution in [2.24, 2.45) is 5.41 Å². The summed E-state index contributed by atoms with van der Waals surface area (Å²) < 4.78 is 5.24. The van der Waals surface area contributed by atoms with Crippen LogP contribution in [0.2, 0.25) is 0 Å².